The fraction of sp³-hybridized carbons (Fsp3) is 1.00. The van der Waals surface area contributed by atoms with Crippen LogP contribution in [0, 0.1) is 0 Å². The second-order valence-corrected chi connectivity index (χ2v) is 17.2. The molecule has 12 heavy (non-hydrogen) atoms. The molecule has 72 valence electrons. The number of hydrogen-bond donors (Lipinski definition) is 0. The van der Waals surface area contributed by atoms with E-state index in [2.05, 4.69) is 25.6 Å². The van der Waals surface area contributed by atoms with E-state index in [0.29, 0.717) is 0 Å². The Morgan fingerprint density at radius 1 is 1.00 bits per heavy atom. The first-order chi connectivity index (χ1) is 5.83. The number of hydrogen-bond acceptors (Lipinski definition) is 1. The third-order valence-electron chi connectivity index (χ3n) is 2.94. The minimum atomic E-state index is -1.12. The first-order valence-electron chi connectivity index (χ1n) is 5.41. The zero-order valence-electron chi connectivity index (χ0n) is 8.57. The first-order valence-corrected chi connectivity index (χ1v) is 12.5. The summed E-state index contributed by atoms with van der Waals surface area (Å²) in [4.78, 5) is 0. The molecule has 0 unspecified atom stereocenters. The third-order valence-corrected chi connectivity index (χ3v) is 20.8. The molecule has 0 N–H and O–H groups in total. The minimum absolute atomic E-state index is 1.12. The average molecular weight is 247 g/mol. The van der Waals surface area contributed by atoms with Gasteiger partial charge in [-0.2, -0.15) is 0 Å². The summed E-state index contributed by atoms with van der Waals surface area (Å²) in [6.07, 6.45) is 5.90. The van der Waals surface area contributed by atoms with E-state index in [0.717, 1.165) is 0 Å². The van der Waals surface area contributed by atoms with Crippen LogP contribution >= 0.6 is 11.8 Å². The summed E-state index contributed by atoms with van der Waals surface area (Å²) in [5.41, 5.74) is 0. The van der Waals surface area contributed by atoms with E-state index in [9.17, 15) is 0 Å². The standard InChI is InChI=1S/C10H22GeS/c1-3-5-7-11(8-6-4-2)9-12-10-11/h3-10H2,1-2H3. The Balaban J connectivity index is 2.19. The van der Waals surface area contributed by atoms with Crippen LogP contribution in [-0.2, 0) is 0 Å². The van der Waals surface area contributed by atoms with Gasteiger partial charge in [-0.05, 0) is 0 Å². The molecular formula is C10H22GeS. The normalized spacial score (nSPS) is 20.5. The molecule has 0 radical (unpaired) electrons. The Kier molecular flexibility index (Phi) is 5.11. The Labute approximate surface area is 84.2 Å². The summed E-state index contributed by atoms with van der Waals surface area (Å²) in [5, 5.41) is 3.37. The van der Waals surface area contributed by atoms with E-state index >= 15 is 0 Å². The van der Waals surface area contributed by atoms with Crippen molar-refractivity contribution in [3.8, 4) is 0 Å². The number of unbranched alkanes of at least 4 members (excludes halogenated alkanes) is 2. The Hall–Kier alpha value is 0.893. The monoisotopic (exact) mass is 248 g/mol. The SMILES string of the molecule is CCC[CH2][Ge]1([CH2]CCC)[CH2]S[CH2]1. The summed E-state index contributed by atoms with van der Waals surface area (Å²) in [6.45, 7) is 4.67. The Morgan fingerprint density at radius 2 is 1.50 bits per heavy atom. The van der Waals surface area contributed by atoms with E-state index in [1.54, 1.807) is 19.7 Å². The van der Waals surface area contributed by atoms with Crippen molar-refractivity contribution < 1.29 is 0 Å². The van der Waals surface area contributed by atoms with Crippen LogP contribution in [0.1, 0.15) is 39.5 Å². The summed E-state index contributed by atoms with van der Waals surface area (Å²) in [5.74, 6) is 0. The van der Waals surface area contributed by atoms with Crippen molar-refractivity contribution in [1.29, 1.82) is 0 Å². The Bertz CT molecular complexity index is 111. The summed E-state index contributed by atoms with van der Waals surface area (Å²) >= 11 is 1.11. The molecule has 1 heterocycles. The second-order valence-electron chi connectivity index (χ2n) is 4.20. The molecule has 0 spiro atoms. The van der Waals surface area contributed by atoms with Crippen molar-refractivity contribution in [3.05, 3.63) is 0 Å². The van der Waals surface area contributed by atoms with Crippen LogP contribution in [0.5, 0.6) is 0 Å². The average Bonchev–Trinajstić information content (AvgIpc) is 2.02. The molecule has 2 heteroatoms. The second kappa shape index (κ2) is 5.59. The van der Waals surface area contributed by atoms with Crippen LogP contribution in [-0.4, -0.2) is 22.4 Å². The molecule has 1 rings (SSSR count). The van der Waals surface area contributed by atoms with Gasteiger partial charge in [0.15, 0.2) is 0 Å². The summed E-state index contributed by atoms with van der Waals surface area (Å²) < 4.78 is 3.28. The van der Waals surface area contributed by atoms with Crippen molar-refractivity contribution in [2.45, 2.75) is 50.0 Å². The zero-order chi connectivity index (χ0) is 8.86. The van der Waals surface area contributed by atoms with Crippen molar-refractivity contribution in [1.82, 2.24) is 0 Å². The van der Waals surface area contributed by atoms with Gasteiger partial charge in [0.1, 0.15) is 0 Å². The summed E-state index contributed by atoms with van der Waals surface area (Å²) in [7, 11) is 0. The quantitative estimate of drug-likeness (QED) is 0.642. The predicted molar refractivity (Wildman–Crippen MR) is 62.5 cm³/mol. The molecule has 0 amide bonds. The molecule has 0 saturated carbocycles. The summed E-state index contributed by atoms with van der Waals surface area (Å²) in [6, 6.07) is 0. The maximum absolute atomic E-state index is 2.33. The van der Waals surface area contributed by atoms with Crippen molar-refractivity contribution in [2.24, 2.45) is 0 Å². The van der Waals surface area contributed by atoms with Crippen molar-refractivity contribution in [2.75, 3.05) is 9.17 Å². The van der Waals surface area contributed by atoms with Crippen LogP contribution in [0.3, 0.4) is 0 Å². The number of thioether (sulfide) groups is 1. The van der Waals surface area contributed by atoms with Gasteiger partial charge in [0.2, 0.25) is 0 Å². The van der Waals surface area contributed by atoms with Gasteiger partial charge in [-0.1, -0.05) is 0 Å². The fourth-order valence-electron chi connectivity index (χ4n) is 1.91. The fourth-order valence-corrected chi connectivity index (χ4v) is 17.0. The number of rotatable bonds is 6. The van der Waals surface area contributed by atoms with E-state index in [-0.39, 0.29) is 0 Å². The maximum atomic E-state index is 2.33. The molecule has 1 aliphatic heterocycles. The van der Waals surface area contributed by atoms with E-state index < -0.39 is 13.3 Å². The molecular weight excluding hydrogens is 225 g/mol. The van der Waals surface area contributed by atoms with E-state index in [1.807, 2.05) is 0 Å². The van der Waals surface area contributed by atoms with Crippen molar-refractivity contribution >= 4 is 25.0 Å². The van der Waals surface area contributed by atoms with Crippen LogP contribution < -0.4 is 0 Å². The molecule has 0 bridgehead atoms. The molecule has 0 aromatic heterocycles. The molecule has 0 aromatic carbocycles. The van der Waals surface area contributed by atoms with Gasteiger partial charge < -0.3 is 0 Å². The van der Waals surface area contributed by atoms with Gasteiger partial charge >= 0.3 is 84.2 Å². The van der Waals surface area contributed by atoms with Gasteiger partial charge in [-0.3, -0.25) is 0 Å². The van der Waals surface area contributed by atoms with E-state index in [4.69, 9.17) is 0 Å². The Morgan fingerprint density at radius 3 is 1.75 bits per heavy atom. The van der Waals surface area contributed by atoms with Gasteiger partial charge in [0, 0.05) is 0 Å². The molecule has 1 saturated heterocycles. The van der Waals surface area contributed by atoms with Crippen LogP contribution in [0.15, 0.2) is 0 Å². The molecule has 0 aromatic rings. The van der Waals surface area contributed by atoms with Gasteiger partial charge in [0.25, 0.3) is 0 Å². The van der Waals surface area contributed by atoms with Gasteiger partial charge in [0.05, 0.1) is 0 Å². The first kappa shape index (κ1) is 11.0. The van der Waals surface area contributed by atoms with Crippen molar-refractivity contribution in [3.63, 3.8) is 0 Å². The van der Waals surface area contributed by atoms with Crippen LogP contribution in [0.2, 0.25) is 10.5 Å². The topological polar surface area (TPSA) is 0 Å². The zero-order valence-corrected chi connectivity index (χ0v) is 11.5. The molecule has 1 fully saturated rings. The van der Waals surface area contributed by atoms with Gasteiger partial charge in [-0.25, -0.2) is 0 Å². The third kappa shape index (κ3) is 2.99. The van der Waals surface area contributed by atoms with Crippen LogP contribution in [0.25, 0.3) is 0 Å². The molecule has 1 aliphatic rings. The molecule has 0 nitrogen and oxygen atoms in total. The predicted octanol–water partition coefficient (Wildman–Crippen LogP) is 3.86. The van der Waals surface area contributed by atoms with Gasteiger partial charge in [-0.15, -0.1) is 0 Å². The molecule has 0 atom stereocenters. The van der Waals surface area contributed by atoms with E-state index in [1.165, 1.54) is 25.7 Å². The van der Waals surface area contributed by atoms with Crippen LogP contribution in [0.4, 0.5) is 0 Å². The molecule has 0 aliphatic carbocycles.